The van der Waals surface area contributed by atoms with E-state index in [9.17, 15) is 23.1 Å². The first kappa shape index (κ1) is 21.4. The first-order chi connectivity index (χ1) is 11.6. The Hall–Kier alpha value is -1.60. The van der Waals surface area contributed by atoms with E-state index in [2.05, 4.69) is 4.74 Å². The smallest absolute Gasteiger partial charge is 0.432 e. The van der Waals surface area contributed by atoms with Crippen LogP contribution in [0.4, 0.5) is 13.2 Å². The van der Waals surface area contributed by atoms with E-state index in [4.69, 9.17) is 4.74 Å². The zero-order valence-corrected chi connectivity index (χ0v) is 14.7. The van der Waals surface area contributed by atoms with Crippen LogP contribution in [-0.4, -0.2) is 36.6 Å². The normalized spacial score (nSPS) is 16.8. The Morgan fingerprint density at radius 2 is 1.76 bits per heavy atom. The second-order valence-corrected chi connectivity index (χ2v) is 6.28. The third-order valence-electron chi connectivity index (χ3n) is 4.01. The van der Waals surface area contributed by atoms with Crippen molar-refractivity contribution in [3.8, 4) is 0 Å². The van der Waals surface area contributed by atoms with E-state index >= 15 is 0 Å². The quantitative estimate of drug-likeness (QED) is 0.534. The van der Waals surface area contributed by atoms with Crippen molar-refractivity contribution in [1.29, 1.82) is 0 Å². The average molecular weight is 362 g/mol. The van der Waals surface area contributed by atoms with Crippen molar-refractivity contribution < 1.29 is 32.5 Å². The summed E-state index contributed by atoms with van der Waals surface area (Å²) in [5, 5.41) is 10.2. The van der Waals surface area contributed by atoms with E-state index in [0.29, 0.717) is 12.8 Å². The van der Waals surface area contributed by atoms with Crippen molar-refractivity contribution in [2.45, 2.75) is 56.9 Å². The van der Waals surface area contributed by atoms with Crippen LogP contribution in [0.2, 0.25) is 0 Å². The molecule has 1 aromatic carbocycles. The maximum Gasteiger partial charge on any atom is 0.432 e. The van der Waals surface area contributed by atoms with Crippen LogP contribution in [-0.2, 0) is 19.9 Å². The van der Waals surface area contributed by atoms with Gasteiger partial charge in [0.15, 0.2) is 0 Å². The number of hydrogen-bond acceptors (Lipinski definition) is 4. The van der Waals surface area contributed by atoms with Crippen molar-refractivity contribution in [2.75, 3.05) is 13.7 Å². The molecule has 4 nitrogen and oxygen atoms in total. The van der Waals surface area contributed by atoms with Gasteiger partial charge in [-0.05, 0) is 13.3 Å². The van der Waals surface area contributed by atoms with Gasteiger partial charge < -0.3 is 14.6 Å². The average Bonchev–Trinajstić information content (AvgIpc) is 2.54. The van der Waals surface area contributed by atoms with Crippen LogP contribution >= 0.6 is 0 Å². The van der Waals surface area contributed by atoms with Crippen LogP contribution in [0, 0.1) is 0 Å². The molecule has 1 N–H and O–H groups in total. The number of benzene rings is 1. The highest BCUT2D eigenvalue weighted by Crippen LogP contribution is 2.43. The van der Waals surface area contributed by atoms with Crippen molar-refractivity contribution in [3.05, 3.63) is 35.9 Å². The minimum absolute atomic E-state index is 0.325. The third-order valence-corrected chi connectivity index (χ3v) is 4.01. The molecule has 0 saturated heterocycles. The fourth-order valence-corrected chi connectivity index (χ4v) is 2.54. The number of unbranched alkanes of at least 4 members (excludes halogenated alkanes) is 2. The predicted octanol–water partition coefficient (Wildman–Crippen LogP) is 3.97. The summed E-state index contributed by atoms with van der Waals surface area (Å²) in [7, 11) is 0.807. The molecule has 0 saturated carbocycles. The zero-order valence-electron chi connectivity index (χ0n) is 14.7. The number of carbonyl (C=O) groups excluding carboxylic acids is 1. The van der Waals surface area contributed by atoms with Gasteiger partial charge in [0.25, 0.3) is 5.60 Å². The second-order valence-electron chi connectivity index (χ2n) is 6.28. The highest BCUT2D eigenvalue weighted by atomic mass is 19.4. The Morgan fingerprint density at radius 3 is 2.24 bits per heavy atom. The topological polar surface area (TPSA) is 55.8 Å². The first-order valence-electron chi connectivity index (χ1n) is 8.17. The standard InChI is InChI=1S/C18H25F3O4/c1-4-5-9-12-16(2,23)13-25-15(22)17(24-3,18(19,20)21)14-10-7-6-8-11-14/h6-8,10-11,23H,4-5,9,12-13H2,1-3H3/t16-,17+/m1/s1. The van der Waals surface area contributed by atoms with Gasteiger partial charge >= 0.3 is 12.1 Å². The largest absolute Gasteiger partial charge is 0.460 e. The summed E-state index contributed by atoms with van der Waals surface area (Å²) < 4.78 is 50.5. The minimum atomic E-state index is -5.02. The molecule has 0 radical (unpaired) electrons. The molecule has 0 aliphatic carbocycles. The van der Waals surface area contributed by atoms with Crippen LogP contribution in [0.5, 0.6) is 0 Å². The molecule has 0 heterocycles. The van der Waals surface area contributed by atoms with Crippen molar-refractivity contribution >= 4 is 5.97 Å². The number of hydrogen-bond donors (Lipinski definition) is 1. The monoisotopic (exact) mass is 362 g/mol. The molecule has 0 amide bonds. The maximum absolute atomic E-state index is 13.7. The lowest BCUT2D eigenvalue weighted by Gasteiger charge is -2.33. The lowest BCUT2D eigenvalue weighted by molar-refractivity contribution is -0.278. The minimum Gasteiger partial charge on any atom is -0.460 e. The van der Waals surface area contributed by atoms with Crippen LogP contribution < -0.4 is 0 Å². The van der Waals surface area contributed by atoms with Gasteiger partial charge in [0.2, 0.25) is 0 Å². The number of halogens is 3. The van der Waals surface area contributed by atoms with Crippen molar-refractivity contribution in [3.63, 3.8) is 0 Å². The molecule has 0 fully saturated rings. The number of aliphatic hydroxyl groups is 1. The first-order valence-corrected chi connectivity index (χ1v) is 8.17. The molecule has 0 spiro atoms. The number of methoxy groups -OCH3 is 1. The number of esters is 1. The molecule has 0 aliphatic rings. The van der Waals surface area contributed by atoms with E-state index in [-0.39, 0.29) is 5.56 Å². The van der Waals surface area contributed by atoms with Gasteiger partial charge in [0.1, 0.15) is 6.61 Å². The van der Waals surface area contributed by atoms with E-state index in [1.807, 2.05) is 6.92 Å². The zero-order chi connectivity index (χ0) is 19.1. The van der Waals surface area contributed by atoms with Crippen molar-refractivity contribution in [2.24, 2.45) is 0 Å². The number of alkyl halides is 3. The lowest BCUT2D eigenvalue weighted by atomic mass is 9.92. The summed E-state index contributed by atoms with van der Waals surface area (Å²) in [6.07, 6.45) is -2.20. The van der Waals surface area contributed by atoms with Crippen LogP contribution in [0.1, 0.15) is 45.1 Å². The maximum atomic E-state index is 13.7. The van der Waals surface area contributed by atoms with Gasteiger partial charge in [-0.3, -0.25) is 0 Å². The molecule has 1 rings (SSSR count). The SMILES string of the molecule is CCCCC[C@@](C)(O)COC(=O)[C@@](OC)(c1ccccc1)C(F)(F)F. The molecule has 0 aliphatic heterocycles. The fraction of sp³-hybridized carbons (Fsp3) is 0.611. The molecule has 0 bridgehead atoms. The Morgan fingerprint density at radius 1 is 1.16 bits per heavy atom. The predicted molar refractivity (Wildman–Crippen MR) is 86.9 cm³/mol. The molecule has 25 heavy (non-hydrogen) atoms. The number of ether oxygens (including phenoxy) is 2. The fourth-order valence-electron chi connectivity index (χ4n) is 2.54. The summed E-state index contributed by atoms with van der Waals surface area (Å²) in [5.41, 5.74) is -5.00. The van der Waals surface area contributed by atoms with Gasteiger partial charge in [-0.2, -0.15) is 13.2 Å². The third kappa shape index (κ3) is 5.19. The van der Waals surface area contributed by atoms with Gasteiger partial charge in [-0.15, -0.1) is 0 Å². The van der Waals surface area contributed by atoms with Gasteiger partial charge in [0, 0.05) is 12.7 Å². The summed E-state index contributed by atoms with van der Waals surface area (Å²) in [4.78, 5) is 12.3. The Bertz CT molecular complexity index is 543. The second kappa shape index (κ2) is 8.67. The lowest BCUT2D eigenvalue weighted by Crippen LogP contribution is -2.52. The van der Waals surface area contributed by atoms with Gasteiger partial charge in [-0.1, -0.05) is 56.5 Å². The highest BCUT2D eigenvalue weighted by molar-refractivity contribution is 5.82. The molecule has 2 atom stereocenters. The van der Waals surface area contributed by atoms with E-state index < -0.39 is 30.0 Å². The van der Waals surface area contributed by atoms with E-state index in [1.54, 1.807) is 0 Å². The molecule has 7 heteroatoms. The van der Waals surface area contributed by atoms with E-state index in [0.717, 1.165) is 32.1 Å². The summed E-state index contributed by atoms with van der Waals surface area (Å²) in [5.74, 6) is -1.59. The summed E-state index contributed by atoms with van der Waals surface area (Å²) >= 11 is 0. The molecule has 142 valence electrons. The Kier molecular flexibility index (Phi) is 7.44. The van der Waals surface area contributed by atoms with Crippen molar-refractivity contribution in [1.82, 2.24) is 0 Å². The Labute approximate surface area is 145 Å². The Balaban J connectivity index is 2.99. The van der Waals surface area contributed by atoms with Crippen LogP contribution in [0.3, 0.4) is 0 Å². The number of carbonyl (C=O) groups is 1. The van der Waals surface area contributed by atoms with Crippen LogP contribution in [0.25, 0.3) is 0 Å². The summed E-state index contributed by atoms with van der Waals surface area (Å²) in [6.45, 7) is 2.88. The van der Waals surface area contributed by atoms with E-state index in [1.165, 1.54) is 25.1 Å². The van der Waals surface area contributed by atoms with Gasteiger partial charge in [-0.25, -0.2) is 4.79 Å². The molecule has 0 aromatic heterocycles. The molecular formula is C18H25F3O4. The molecule has 0 unspecified atom stereocenters. The summed E-state index contributed by atoms with van der Waals surface area (Å²) in [6, 6.07) is 6.59. The molecular weight excluding hydrogens is 337 g/mol. The van der Waals surface area contributed by atoms with Crippen LogP contribution in [0.15, 0.2) is 30.3 Å². The highest BCUT2D eigenvalue weighted by Gasteiger charge is 2.64. The number of rotatable bonds is 9. The van der Waals surface area contributed by atoms with Gasteiger partial charge in [0.05, 0.1) is 5.60 Å². The molecule has 1 aromatic rings.